The van der Waals surface area contributed by atoms with Gasteiger partial charge in [0.2, 0.25) is 10.0 Å². The van der Waals surface area contributed by atoms with Gasteiger partial charge in [-0.3, -0.25) is 9.10 Å². The third-order valence-electron chi connectivity index (χ3n) is 4.21. The van der Waals surface area contributed by atoms with E-state index in [1.807, 2.05) is 17.9 Å². The molecular formula is C15H20N2O4S. The summed E-state index contributed by atoms with van der Waals surface area (Å²) in [4.78, 5) is 14.4. The number of hydrogen-bond donors (Lipinski definition) is 0. The highest BCUT2D eigenvalue weighted by atomic mass is 32.2. The fraction of sp³-hybridized carbons (Fsp3) is 0.533. The lowest BCUT2D eigenvalue weighted by molar-refractivity contribution is 0.00359. The van der Waals surface area contributed by atoms with Crippen molar-refractivity contribution in [1.82, 2.24) is 4.90 Å². The molecule has 0 N–H and O–H groups in total. The summed E-state index contributed by atoms with van der Waals surface area (Å²) in [7, 11) is -3.26. The van der Waals surface area contributed by atoms with Gasteiger partial charge in [0, 0.05) is 18.7 Å². The highest BCUT2D eigenvalue weighted by Gasteiger charge is 2.29. The van der Waals surface area contributed by atoms with Gasteiger partial charge in [-0.25, -0.2) is 8.42 Å². The molecular weight excluding hydrogens is 304 g/mol. The quantitative estimate of drug-likeness (QED) is 0.809. The van der Waals surface area contributed by atoms with Gasteiger partial charge in [0.05, 0.1) is 31.2 Å². The summed E-state index contributed by atoms with van der Waals surface area (Å²) in [6.07, 6.45) is 1.85. The van der Waals surface area contributed by atoms with Crippen LogP contribution in [0, 0.1) is 0 Å². The topological polar surface area (TPSA) is 66.9 Å². The van der Waals surface area contributed by atoms with Crippen LogP contribution in [0.25, 0.3) is 0 Å². The second kappa shape index (κ2) is 5.55. The van der Waals surface area contributed by atoms with Crippen molar-refractivity contribution in [3.05, 3.63) is 29.3 Å². The third kappa shape index (κ3) is 2.70. The molecule has 0 bridgehead atoms. The maximum Gasteiger partial charge on any atom is 0.254 e. The average Bonchev–Trinajstić information content (AvgIpc) is 2.90. The summed E-state index contributed by atoms with van der Waals surface area (Å²) < 4.78 is 30.2. The molecule has 1 atom stereocenters. The van der Waals surface area contributed by atoms with Gasteiger partial charge in [0.1, 0.15) is 0 Å². The Morgan fingerprint density at radius 1 is 1.32 bits per heavy atom. The Morgan fingerprint density at radius 2 is 2.09 bits per heavy atom. The van der Waals surface area contributed by atoms with Crippen LogP contribution in [0.3, 0.4) is 0 Å². The maximum atomic E-state index is 12.6. The molecule has 3 rings (SSSR count). The lowest BCUT2D eigenvalue weighted by atomic mass is 10.1. The Kier molecular flexibility index (Phi) is 3.86. The van der Waals surface area contributed by atoms with Crippen LogP contribution in [-0.2, 0) is 21.2 Å². The molecule has 2 heterocycles. The van der Waals surface area contributed by atoms with Crippen molar-refractivity contribution in [2.45, 2.75) is 19.4 Å². The van der Waals surface area contributed by atoms with Gasteiger partial charge in [0.25, 0.3) is 5.91 Å². The number of ether oxygens (including phenoxy) is 1. The number of carbonyl (C=O) groups excluding carboxylic acids is 1. The predicted molar refractivity (Wildman–Crippen MR) is 83.7 cm³/mol. The number of nitrogens with zero attached hydrogens (tertiary/aromatic N) is 2. The van der Waals surface area contributed by atoms with Gasteiger partial charge >= 0.3 is 0 Å². The van der Waals surface area contributed by atoms with E-state index in [4.69, 9.17) is 4.74 Å². The zero-order chi connectivity index (χ0) is 15.9. The second-order valence-electron chi connectivity index (χ2n) is 5.85. The molecule has 0 saturated carbocycles. The van der Waals surface area contributed by atoms with E-state index in [1.165, 1.54) is 10.6 Å². The predicted octanol–water partition coefficient (Wildman–Crippen LogP) is 0.870. The van der Waals surface area contributed by atoms with Crippen molar-refractivity contribution in [3.8, 4) is 0 Å². The van der Waals surface area contributed by atoms with Crippen LogP contribution in [0.4, 0.5) is 5.69 Å². The monoisotopic (exact) mass is 324 g/mol. The van der Waals surface area contributed by atoms with Gasteiger partial charge in [-0.1, -0.05) is 0 Å². The molecule has 2 aliphatic heterocycles. The lowest BCUT2D eigenvalue weighted by Gasteiger charge is -2.33. The molecule has 0 radical (unpaired) electrons. The Balaban J connectivity index is 1.87. The minimum atomic E-state index is -3.26. The van der Waals surface area contributed by atoms with E-state index in [1.54, 1.807) is 12.1 Å². The Hall–Kier alpha value is -1.60. The number of hydrogen-bond acceptors (Lipinski definition) is 4. The zero-order valence-electron chi connectivity index (χ0n) is 12.8. The largest absolute Gasteiger partial charge is 0.377 e. The lowest BCUT2D eigenvalue weighted by Crippen LogP contribution is -2.47. The minimum absolute atomic E-state index is 0.0172. The molecule has 1 saturated heterocycles. The molecule has 22 heavy (non-hydrogen) atoms. The third-order valence-corrected chi connectivity index (χ3v) is 5.39. The number of rotatable bonds is 2. The first-order chi connectivity index (χ1) is 10.4. The van der Waals surface area contributed by atoms with Gasteiger partial charge in [-0.05, 0) is 37.1 Å². The van der Waals surface area contributed by atoms with Crippen LogP contribution in [-0.4, -0.2) is 57.8 Å². The zero-order valence-corrected chi connectivity index (χ0v) is 13.6. The highest BCUT2D eigenvalue weighted by Crippen LogP contribution is 2.31. The molecule has 0 aromatic heterocycles. The number of morpholine rings is 1. The summed E-state index contributed by atoms with van der Waals surface area (Å²) in [5.74, 6) is -0.0172. The first kappa shape index (κ1) is 15.3. The molecule has 0 aliphatic carbocycles. The van der Waals surface area contributed by atoms with E-state index < -0.39 is 10.0 Å². The van der Waals surface area contributed by atoms with Crippen LogP contribution in [0.1, 0.15) is 22.8 Å². The molecule has 0 spiro atoms. The first-order valence-electron chi connectivity index (χ1n) is 7.37. The van der Waals surface area contributed by atoms with Gasteiger partial charge < -0.3 is 9.64 Å². The van der Waals surface area contributed by atoms with Crippen LogP contribution in [0.15, 0.2) is 18.2 Å². The summed E-state index contributed by atoms with van der Waals surface area (Å²) in [5.41, 5.74) is 2.22. The Labute approximate surface area is 130 Å². The first-order valence-corrected chi connectivity index (χ1v) is 9.22. The number of benzene rings is 1. The molecule has 6 nitrogen and oxygen atoms in total. The standard InChI is InChI=1S/C15H20N2O4S/c1-11-10-21-8-7-16(11)15(18)13-3-4-14-12(9-13)5-6-17(14)22(2,19)20/h3-4,9,11H,5-8,10H2,1-2H3/t11-/m1/s1. The summed E-state index contributed by atoms with van der Waals surface area (Å²) in [6, 6.07) is 5.33. The number of carbonyl (C=O) groups is 1. The van der Waals surface area contributed by atoms with Crippen molar-refractivity contribution >= 4 is 21.6 Å². The van der Waals surface area contributed by atoms with Gasteiger partial charge in [-0.15, -0.1) is 0 Å². The van der Waals surface area contributed by atoms with E-state index >= 15 is 0 Å². The minimum Gasteiger partial charge on any atom is -0.377 e. The SMILES string of the molecule is C[C@@H]1COCCN1C(=O)c1ccc2c(c1)CCN2S(C)(=O)=O. The summed E-state index contributed by atoms with van der Waals surface area (Å²) in [6.45, 7) is 4.11. The molecule has 1 aromatic carbocycles. The molecule has 120 valence electrons. The fourth-order valence-electron chi connectivity index (χ4n) is 3.04. The van der Waals surface area contributed by atoms with Crippen LogP contribution in [0.5, 0.6) is 0 Å². The summed E-state index contributed by atoms with van der Waals surface area (Å²) in [5, 5.41) is 0. The number of sulfonamides is 1. The number of amides is 1. The van der Waals surface area contributed by atoms with Crippen LogP contribution < -0.4 is 4.31 Å². The molecule has 2 aliphatic rings. The molecule has 1 aromatic rings. The Bertz CT molecular complexity index is 701. The van der Waals surface area contributed by atoms with Crippen molar-refractivity contribution in [2.24, 2.45) is 0 Å². The maximum absolute atomic E-state index is 12.6. The van der Waals surface area contributed by atoms with Crippen molar-refractivity contribution < 1.29 is 17.9 Å². The van der Waals surface area contributed by atoms with Crippen LogP contribution in [0.2, 0.25) is 0 Å². The average molecular weight is 324 g/mol. The van der Waals surface area contributed by atoms with Crippen molar-refractivity contribution in [1.29, 1.82) is 0 Å². The number of anilines is 1. The Morgan fingerprint density at radius 3 is 2.77 bits per heavy atom. The fourth-order valence-corrected chi connectivity index (χ4v) is 4.00. The van der Waals surface area contributed by atoms with Crippen molar-refractivity contribution in [3.63, 3.8) is 0 Å². The van der Waals surface area contributed by atoms with Crippen molar-refractivity contribution in [2.75, 3.05) is 36.9 Å². The molecule has 0 unspecified atom stereocenters. The van der Waals surface area contributed by atoms with E-state index in [2.05, 4.69) is 0 Å². The van der Waals surface area contributed by atoms with E-state index in [9.17, 15) is 13.2 Å². The second-order valence-corrected chi connectivity index (χ2v) is 7.76. The molecule has 7 heteroatoms. The normalized spacial score (nSPS) is 21.8. The van der Waals surface area contributed by atoms with E-state index in [0.29, 0.717) is 44.0 Å². The van der Waals surface area contributed by atoms with E-state index in [-0.39, 0.29) is 11.9 Å². The smallest absolute Gasteiger partial charge is 0.254 e. The van der Waals surface area contributed by atoms with Crippen LogP contribution >= 0.6 is 0 Å². The number of fused-ring (bicyclic) bond motifs is 1. The molecule has 1 fully saturated rings. The van der Waals surface area contributed by atoms with Gasteiger partial charge in [-0.2, -0.15) is 0 Å². The summed E-state index contributed by atoms with van der Waals surface area (Å²) >= 11 is 0. The van der Waals surface area contributed by atoms with E-state index in [0.717, 1.165) is 5.56 Å². The van der Waals surface area contributed by atoms with Gasteiger partial charge in [0.15, 0.2) is 0 Å². The molecule has 1 amide bonds. The highest BCUT2D eigenvalue weighted by molar-refractivity contribution is 7.92.